The number of amides is 1. The average molecular weight is 270 g/mol. The maximum atomic E-state index is 11.1. The Morgan fingerprint density at radius 2 is 2.15 bits per heavy atom. The summed E-state index contributed by atoms with van der Waals surface area (Å²) in [5, 5.41) is 13.5. The minimum Gasteiger partial charge on any atom is -0.325 e. The molecule has 2 aromatic heterocycles. The molecule has 0 aliphatic heterocycles. The molecule has 0 spiro atoms. The largest absolute Gasteiger partial charge is 0.325 e. The predicted molar refractivity (Wildman–Crippen MR) is 73.7 cm³/mol. The Morgan fingerprint density at radius 1 is 1.35 bits per heavy atom. The second-order valence-corrected chi connectivity index (χ2v) is 4.37. The van der Waals surface area contributed by atoms with Gasteiger partial charge in [-0.15, -0.1) is 0 Å². The Kier molecular flexibility index (Phi) is 2.60. The zero-order valence-electron chi connectivity index (χ0n) is 10.5. The summed E-state index contributed by atoms with van der Waals surface area (Å²) in [6, 6.07) is 7.98. The Hall–Kier alpha value is -2.96. The molecule has 1 N–H and O–H groups in total. The van der Waals surface area contributed by atoms with Crippen LogP contribution in [0.15, 0.2) is 36.5 Å². The number of hydrogen-bond donors (Lipinski definition) is 1. The van der Waals surface area contributed by atoms with E-state index in [1.807, 2.05) is 0 Å². The zero-order chi connectivity index (χ0) is 14.3. The number of anilines is 1. The van der Waals surface area contributed by atoms with Gasteiger partial charge in [-0.3, -0.25) is 19.3 Å². The Bertz CT molecular complexity index is 853. The highest BCUT2D eigenvalue weighted by Crippen LogP contribution is 2.23. The van der Waals surface area contributed by atoms with Crippen LogP contribution >= 0.6 is 0 Å². The van der Waals surface area contributed by atoms with Gasteiger partial charge in [0.05, 0.1) is 21.6 Å². The summed E-state index contributed by atoms with van der Waals surface area (Å²) in [4.78, 5) is 25.8. The quantitative estimate of drug-likeness (QED) is 0.571. The van der Waals surface area contributed by atoms with Gasteiger partial charge < -0.3 is 5.32 Å². The van der Waals surface area contributed by atoms with Crippen LogP contribution in [0.1, 0.15) is 6.92 Å². The number of non-ortho nitro benzene ring substituents is 1. The third-order valence-corrected chi connectivity index (χ3v) is 2.91. The molecule has 1 aromatic carbocycles. The van der Waals surface area contributed by atoms with Gasteiger partial charge in [-0.2, -0.15) is 0 Å². The minimum atomic E-state index is -0.448. The van der Waals surface area contributed by atoms with Crippen molar-refractivity contribution in [1.82, 2.24) is 9.38 Å². The number of nitro benzene ring substituents is 1. The maximum Gasteiger partial charge on any atom is 0.271 e. The molecule has 0 bridgehead atoms. The number of rotatable bonds is 2. The summed E-state index contributed by atoms with van der Waals surface area (Å²) in [5.74, 6) is -0.181. The monoisotopic (exact) mass is 270 g/mol. The van der Waals surface area contributed by atoms with Crippen LogP contribution in [-0.2, 0) is 4.79 Å². The number of carbonyl (C=O) groups excluding carboxylic acids is 1. The molecule has 2 heterocycles. The molecule has 3 aromatic rings. The summed E-state index contributed by atoms with van der Waals surface area (Å²) in [5.41, 5.74) is 2.56. The second-order valence-electron chi connectivity index (χ2n) is 4.37. The van der Waals surface area contributed by atoms with Crippen LogP contribution < -0.4 is 5.32 Å². The lowest BCUT2D eigenvalue weighted by molar-refractivity contribution is -0.384. The van der Waals surface area contributed by atoms with Crippen molar-refractivity contribution in [2.75, 3.05) is 5.32 Å². The van der Waals surface area contributed by atoms with Gasteiger partial charge in [0.1, 0.15) is 5.65 Å². The molecule has 1 amide bonds. The van der Waals surface area contributed by atoms with Crippen molar-refractivity contribution in [1.29, 1.82) is 0 Å². The van der Waals surface area contributed by atoms with Gasteiger partial charge in [-0.05, 0) is 18.2 Å². The second kappa shape index (κ2) is 4.30. The van der Waals surface area contributed by atoms with E-state index in [9.17, 15) is 14.9 Å². The first-order valence-corrected chi connectivity index (χ1v) is 5.88. The van der Waals surface area contributed by atoms with Crippen molar-refractivity contribution in [3.05, 3.63) is 46.6 Å². The summed E-state index contributed by atoms with van der Waals surface area (Å²) in [7, 11) is 0. The van der Waals surface area contributed by atoms with E-state index in [0.29, 0.717) is 22.4 Å². The maximum absolute atomic E-state index is 11.1. The Labute approximate surface area is 113 Å². The number of nitrogens with zero attached hydrogens (tertiary/aromatic N) is 3. The van der Waals surface area contributed by atoms with Crippen LogP contribution in [-0.4, -0.2) is 20.2 Å². The number of fused-ring (bicyclic) bond motifs is 3. The molecule has 7 nitrogen and oxygen atoms in total. The van der Waals surface area contributed by atoms with Crippen LogP contribution in [0.3, 0.4) is 0 Å². The van der Waals surface area contributed by atoms with Gasteiger partial charge in [-0.1, -0.05) is 0 Å². The van der Waals surface area contributed by atoms with E-state index in [4.69, 9.17) is 0 Å². The van der Waals surface area contributed by atoms with E-state index in [0.717, 1.165) is 0 Å². The zero-order valence-corrected chi connectivity index (χ0v) is 10.5. The third kappa shape index (κ3) is 1.95. The number of pyridine rings is 1. The van der Waals surface area contributed by atoms with Crippen molar-refractivity contribution >= 4 is 34.0 Å². The standard InChI is InChI=1S/C13H10N4O3/c1-8(18)14-9-2-5-13-15-11-4-3-10(17(19)20)6-12(11)16(13)7-9/h2-7H,1H3,(H,14,18). The average Bonchev–Trinajstić information content (AvgIpc) is 2.75. The first-order chi connectivity index (χ1) is 9.54. The molecule has 0 aliphatic rings. The molecule has 7 heteroatoms. The van der Waals surface area contributed by atoms with Crippen molar-refractivity contribution in [3.63, 3.8) is 0 Å². The molecule has 0 unspecified atom stereocenters. The number of hydrogen-bond acceptors (Lipinski definition) is 4. The summed E-state index contributed by atoms with van der Waals surface area (Å²) >= 11 is 0. The molecule has 20 heavy (non-hydrogen) atoms. The molecule has 0 saturated heterocycles. The summed E-state index contributed by atoms with van der Waals surface area (Å²) in [6.07, 6.45) is 1.69. The number of imidazole rings is 1. The van der Waals surface area contributed by atoms with Crippen LogP contribution in [0.5, 0.6) is 0 Å². The number of benzene rings is 1. The number of aromatic nitrogens is 2. The van der Waals surface area contributed by atoms with Crippen LogP contribution in [0.25, 0.3) is 16.7 Å². The molecule has 3 rings (SSSR count). The fourth-order valence-electron chi connectivity index (χ4n) is 2.09. The SMILES string of the molecule is CC(=O)Nc1ccc2nc3ccc([N+](=O)[O-])cc3n2c1. The van der Waals surface area contributed by atoms with Crippen LogP contribution in [0, 0.1) is 10.1 Å². The van der Waals surface area contributed by atoms with Gasteiger partial charge in [0, 0.05) is 25.3 Å². The predicted octanol–water partition coefficient (Wildman–Crippen LogP) is 2.35. The molecule has 0 radical (unpaired) electrons. The number of nitro groups is 1. The van der Waals surface area contributed by atoms with Crippen LogP contribution in [0.4, 0.5) is 11.4 Å². The minimum absolute atomic E-state index is 0.00392. The van der Waals surface area contributed by atoms with Crippen molar-refractivity contribution < 1.29 is 9.72 Å². The van der Waals surface area contributed by atoms with E-state index in [1.54, 1.807) is 28.8 Å². The Balaban J connectivity index is 2.25. The molecular weight excluding hydrogens is 260 g/mol. The fraction of sp³-hybridized carbons (Fsp3) is 0.0769. The van der Waals surface area contributed by atoms with Crippen LogP contribution in [0.2, 0.25) is 0 Å². The molecule has 0 saturated carbocycles. The van der Waals surface area contributed by atoms with E-state index >= 15 is 0 Å². The number of carbonyl (C=O) groups is 1. The van der Waals surface area contributed by atoms with Gasteiger partial charge in [-0.25, -0.2) is 4.98 Å². The highest BCUT2D eigenvalue weighted by atomic mass is 16.6. The molecule has 0 fully saturated rings. The van der Waals surface area contributed by atoms with Gasteiger partial charge in [0.2, 0.25) is 5.91 Å². The van der Waals surface area contributed by atoms with E-state index in [-0.39, 0.29) is 11.6 Å². The van der Waals surface area contributed by atoms with Crippen molar-refractivity contribution in [2.24, 2.45) is 0 Å². The Morgan fingerprint density at radius 3 is 2.85 bits per heavy atom. The smallest absolute Gasteiger partial charge is 0.271 e. The van der Waals surface area contributed by atoms with E-state index in [2.05, 4.69) is 10.3 Å². The van der Waals surface area contributed by atoms with Gasteiger partial charge in [0.25, 0.3) is 5.69 Å². The molecular formula is C13H10N4O3. The first kappa shape index (κ1) is 12.1. The van der Waals surface area contributed by atoms with Gasteiger partial charge in [0.15, 0.2) is 0 Å². The molecule has 0 aliphatic carbocycles. The van der Waals surface area contributed by atoms with E-state index in [1.165, 1.54) is 19.1 Å². The highest BCUT2D eigenvalue weighted by Gasteiger charge is 2.11. The highest BCUT2D eigenvalue weighted by molar-refractivity contribution is 5.89. The first-order valence-electron chi connectivity index (χ1n) is 5.88. The molecule has 100 valence electrons. The van der Waals surface area contributed by atoms with Crippen molar-refractivity contribution in [2.45, 2.75) is 6.92 Å². The van der Waals surface area contributed by atoms with Crippen molar-refractivity contribution in [3.8, 4) is 0 Å². The van der Waals surface area contributed by atoms with Gasteiger partial charge >= 0.3 is 0 Å². The topological polar surface area (TPSA) is 89.5 Å². The summed E-state index contributed by atoms with van der Waals surface area (Å²) in [6.45, 7) is 1.42. The van der Waals surface area contributed by atoms with E-state index < -0.39 is 4.92 Å². The summed E-state index contributed by atoms with van der Waals surface area (Å²) < 4.78 is 1.72. The molecule has 0 atom stereocenters. The lowest BCUT2D eigenvalue weighted by Crippen LogP contribution is -2.06. The normalized spacial score (nSPS) is 10.8. The lowest BCUT2D eigenvalue weighted by atomic mass is 10.3. The third-order valence-electron chi connectivity index (χ3n) is 2.91. The number of nitrogens with one attached hydrogen (secondary N) is 1. The lowest BCUT2D eigenvalue weighted by Gasteiger charge is -2.03. The fourth-order valence-corrected chi connectivity index (χ4v) is 2.09.